The second-order valence-electron chi connectivity index (χ2n) is 4.47. The van der Waals surface area contributed by atoms with Crippen LogP contribution in [0, 0.1) is 11.6 Å². The van der Waals surface area contributed by atoms with Gasteiger partial charge in [-0.05, 0) is 36.2 Å². The van der Waals surface area contributed by atoms with E-state index in [1.165, 1.54) is 12.1 Å². The van der Waals surface area contributed by atoms with Crippen molar-refractivity contribution >= 4 is 23.4 Å². The normalized spacial score (nSPS) is 10.4. The molecule has 0 aromatic heterocycles. The van der Waals surface area contributed by atoms with Crippen LogP contribution in [-0.4, -0.2) is 11.7 Å². The lowest BCUT2D eigenvalue weighted by Gasteiger charge is -2.07. The van der Waals surface area contributed by atoms with Crippen molar-refractivity contribution in [2.45, 2.75) is 18.2 Å². The van der Waals surface area contributed by atoms with E-state index in [0.717, 1.165) is 35.5 Å². The van der Waals surface area contributed by atoms with Crippen LogP contribution in [0.25, 0.3) is 0 Å². The number of aryl methyl sites for hydroxylation is 1. The number of halogens is 2. The van der Waals surface area contributed by atoms with E-state index in [2.05, 4.69) is 5.32 Å². The minimum absolute atomic E-state index is 0.0684. The number of carbonyl (C=O) groups is 1. The summed E-state index contributed by atoms with van der Waals surface area (Å²) in [5.41, 5.74) is 1.85. The van der Waals surface area contributed by atoms with Crippen molar-refractivity contribution < 1.29 is 13.6 Å². The second kappa shape index (κ2) is 7.22. The summed E-state index contributed by atoms with van der Waals surface area (Å²) in [4.78, 5) is 12.1. The predicted molar refractivity (Wildman–Crippen MR) is 81.5 cm³/mol. The Hall–Kier alpha value is -1.88. The van der Waals surface area contributed by atoms with Gasteiger partial charge in [-0.1, -0.05) is 19.1 Å². The van der Waals surface area contributed by atoms with Crippen molar-refractivity contribution in [2.24, 2.45) is 0 Å². The maximum atomic E-state index is 13.4. The highest BCUT2D eigenvalue weighted by atomic mass is 32.2. The fourth-order valence-electron chi connectivity index (χ4n) is 1.80. The van der Waals surface area contributed by atoms with Crippen molar-refractivity contribution in [3.63, 3.8) is 0 Å². The van der Waals surface area contributed by atoms with E-state index in [9.17, 15) is 13.6 Å². The number of nitrogens with one attached hydrogen (secondary N) is 1. The van der Waals surface area contributed by atoms with E-state index in [1.807, 2.05) is 25.1 Å². The summed E-state index contributed by atoms with van der Waals surface area (Å²) < 4.78 is 26.2. The highest BCUT2D eigenvalue weighted by molar-refractivity contribution is 8.00. The third kappa shape index (κ3) is 4.56. The molecule has 0 saturated heterocycles. The standard InChI is InChI=1S/C16H15F2NOS/c1-2-11-4-3-5-13(8-11)19-16(20)10-21-15-7-6-12(17)9-14(15)18/h3-9H,2,10H2,1H3,(H,19,20). The van der Waals surface area contributed by atoms with Crippen molar-refractivity contribution in [3.8, 4) is 0 Å². The number of hydrogen-bond donors (Lipinski definition) is 1. The van der Waals surface area contributed by atoms with Crippen LogP contribution in [0.1, 0.15) is 12.5 Å². The Morgan fingerprint density at radius 1 is 1.19 bits per heavy atom. The number of thioether (sulfide) groups is 1. The van der Waals surface area contributed by atoms with Crippen molar-refractivity contribution in [1.82, 2.24) is 0 Å². The Kier molecular flexibility index (Phi) is 5.33. The number of benzene rings is 2. The van der Waals surface area contributed by atoms with Gasteiger partial charge in [-0.25, -0.2) is 8.78 Å². The monoisotopic (exact) mass is 307 g/mol. The quantitative estimate of drug-likeness (QED) is 0.836. The number of carbonyl (C=O) groups excluding carboxylic acids is 1. The molecule has 0 fully saturated rings. The maximum absolute atomic E-state index is 13.4. The summed E-state index contributed by atoms with van der Waals surface area (Å²) in [6.45, 7) is 2.04. The van der Waals surface area contributed by atoms with Crippen LogP contribution in [0.4, 0.5) is 14.5 Å². The summed E-state index contributed by atoms with van der Waals surface area (Å²) in [5.74, 6) is -1.44. The molecule has 2 rings (SSSR count). The van der Waals surface area contributed by atoms with Crippen LogP contribution in [0.2, 0.25) is 0 Å². The Morgan fingerprint density at radius 3 is 2.71 bits per heavy atom. The SMILES string of the molecule is CCc1cccc(NC(=O)CSc2ccc(F)cc2F)c1. The van der Waals surface area contributed by atoms with Gasteiger partial charge in [-0.15, -0.1) is 11.8 Å². The number of amides is 1. The molecule has 0 saturated carbocycles. The molecule has 0 bridgehead atoms. The zero-order valence-corrected chi connectivity index (χ0v) is 12.3. The van der Waals surface area contributed by atoms with E-state index in [-0.39, 0.29) is 16.6 Å². The zero-order chi connectivity index (χ0) is 15.2. The largest absolute Gasteiger partial charge is 0.325 e. The van der Waals surface area contributed by atoms with Gasteiger partial charge in [0.15, 0.2) is 0 Å². The third-order valence-electron chi connectivity index (χ3n) is 2.87. The molecule has 0 radical (unpaired) electrons. The Labute approximate surface area is 126 Å². The molecule has 5 heteroatoms. The molecule has 0 aliphatic heterocycles. The summed E-state index contributed by atoms with van der Waals surface area (Å²) in [5, 5.41) is 2.76. The number of anilines is 1. The van der Waals surface area contributed by atoms with Crippen molar-refractivity contribution in [3.05, 3.63) is 59.7 Å². The Morgan fingerprint density at radius 2 is 2.00 bits per heavy atom. The average Bonchev–Trinajstić information content (AvgIpc) is 2.46. The van der Waals surface area contributed by atoms with Gasteiger partial charge in [-0.2, -0.15) is 0 Å². The van der Waals surface area contributed by atoms with Crippen LogP contribution < -0.4 is 5.32 Å². The van der Waals surface area contributed by atoms with E-state index >= 15 is 0 Å². The highest BCUT2D eigenvalue weighted by Crippen LogP contribution is 2.22. The molecule has 0 aliphatic carbocycles. The van der Waals surface area contributed by atoms with Gasteiger partial charge in [0.25, 0.3) is 0 Å². The van der Waals surface area contributed by atoms with Gasteiger partial charge >= 0.3 is 0 Å². The number of hydrogen-bond acceptors (Lipinski definition) is 2. The molecule has 0 unspecified atom stereocenters. The molecule has 110 valence electrons. The minimum atomic E-state index is -0.652. The zero-order valence-electron chi connectivity index (χ0n) is 11.5. The molecule has 0 atom stereocenters. The van der Waals surface area contributed by atoms with Gasteiger partial charge in [0.1, 0.15) is 11.6 Å². The lowest BCUT2D eigenvalue weighted by molar-refractivity contribution is -0.113. The molecular formula is C16H15F2NOS. The molecule has 21 heavy (non-hydrogen) atoms. The molecule has 2 aromatic rings. The second-order valence-corrected chi connectivity index (χ2v) is 5.48. The van der Waals surface area contributed by atoms with E-state index in [4.69, 9.17) is 0 Å². The molecule has 0 heterocycles. The Bertz CT molecular complexity index is 646. The summed E-state index contributed by atoms with van der Waals surface area (Å²) in [6.07, 6.45) is 0.888. The van der Waals surface area contributed by atoms with Crippen LogP contribution in [-0.2, 0) is 11.2 Å². The molecule has 2 aromatic carbocycles. The van der Waals surface area contributed by atoms with E-state index in [1.54, 1.807) is 6.07 Å². The molecule has 2 nitrogen and oxygen atoms in total. The lowest BCUT2D eigenvalue weighted by atomic mass is 10.1. The van der Waals surface area contributed by atoms with E-state index in [0.29, 0.717) is 0 Å². The third-order valence-corrected chi connectivity index (χ3v) is 3.92. The molecule has 0 spiro atoms. The summed E-state index contributed by atoms with van der Waals surface area (Å²) in [6, 6.07) is 10.9. The Balaban J connectivity index is 1.92. The van der Waals surface area contributed by atoms with Crippen LogP contribution in [0.15, 0.2) is 47.4 Å². The summed E-state index contributed by atoms with van der Waals surface area (Å²) >= 11 is 1.04. The highest BCUT2D eigenvalue weighted by Gasteiger charge is 2.08. The van der Waals surface area contributed by atoms with Gasteiger partial charge in [-0.3, -0.25) is 4.79 Å². The van der Waals surface area contributed by atoms with Crippen molar-refractivity contribution in [2.75, 3.05) is 11.1 Å². The minimum Gasteiger partial charge on any atom is -0.325 e. The predicted octanol–water partition coefficient (Wildman–Crippen LogP) is 4.26. The van der Waals surface area contributed by atoms with Crippen LogP contribution >= 0.6 is 11.8 Å². The number of rotatable bonds is 5. The lowest BCUT2D eigenvalue weighted by Crippen LogP contribution is -2.14. The van der Waals surface area contributed by atoms with E-state index < -0.39 is 11.6 Å². The van der Waals surface area contributed by atoms with Gasteiger partial charge in [0.2, 0.25) is 5.91 Å². The molecular weight excluding hydrogens is 292 g/mol. The fourth-order valence-corrected chi connectivity index (χ4v) is 2.52. The first-order valence-corrected chi connectivity index (χ1v) is 7.53. The first kappa shape index (κ1) is 15.5. The summed E-state index contributed by atoms with van der Waals surface area (Å²) in [7, 11) is 0. The van der Waals surface area contributed by atoms with Crippen LogP contribution in [0.5, 0.6) is 0 Å². The first-order chi connectivity index (χ1) is 10.1. The average molecular weight is 307 g/mol. The van der Waals surface area contributed by atoms with Gasteiger partial charge in [0, 0.05) is 16.6 Å². The van der Waals surface area contributed by atoms with Gasteiger partial charge < -0.3 is 5.32 Å². The molecule has 1 amide bonds. The fraction of sp³-hybridized carbons (Fsp3) is 0.188. The van der Waals surface area contributed by atoms with Crippen molar-refractivity contribution in [1.29, 1.82) is 0 Å². The van der Waals surface area contributed by atoms with Crippen LogP contribution in [0.3, 0.4) is 0 Å². The smallest absolute Gasteiger partial charge is 0.234 e. The maximum Gasteiger partial charge on any atom is 0.234 e. The topological polar surface area (TPSA) is 29.1 Å². The molecule has 0 aliphatic rings. The molecule has 1 N–H and O–H groups in total. The first-order valence-electron chi connectivity index (χ1n) is 6.55. The van der Waals surface area contributed by atoms with Gasteiger partial charge in [0.05, 0.1) is 5.75 Å².